The Morgan fingerprint density at radius 1 is 1.53 bits per heavy atom. The van der Waals surface area contributed by atoms with E-state index in [2.05, 4.69) is 15.3 Å². The summed E-state index contributed by atoms with van der Waals surface area (Å²) in [5.41, 5.74) is 6.27. The molecule has 2 unspecified atom stereocenters. The minimum Gasteiger partial charge on any atom is -0.479 e. The third-order valence-corrected chi connectivity index (χ3v) is 3.11. The first-order valence-corrected chi connectivity index (χ1v) is 5.77. The number of nitrogens with one attached hydrogen (secondary N) is 1. The normalized spacial score (nSPS) is 23.6. The van der Waals surface area contributed by atoms with E-state index in [-0.39, 0.29) is 6.10 Å². The first kappa shape index (κ1) is 11.9. The number of hydrogen-bond acceptors (Lipinski definition) is 6. The van der Waals surface area contributed by atoms with Gasteiger partial charge in [-0.15, -0.1) is 0 Å². The van der Waals surface area contributed by atoms with Gasteiger partial charge in [-0.2, -0.15) is 4.98 Å². The second-order valence-electron chi connectivity index (χ2n) is 4.36. The van der Waals surface area contributed by atoms with E-state index in [9.17, 15) is 5.11 Å². The van der Waals surface area contributed by atoms with Gasteiger partial charge in [0.15, 0.2) is 5.82 Å². The molecule has 1 fully saturated rings. The zero-order valence-corrected chi connectivity index (χ0v) is 9.89. The van der Waals surface area contributed by atoms with Crippen LogP contribution >= 0.6 is 0 Å². The molecule has 6 heteroatoms. The van der Waals surface area contributed by atoms with Crippen LogP contribution in [0.1, 0.15) is 19.3 Å². The number of methoxy groups -OCH3 is 1. The first-order valence-electron chi connectivity index (χ1n) is 5.77. The van der Waals surface area contributed by atoms with Crippen molar-refractivity contribution in [1.82, 2.24) is 9.97 Å². The van der Waals surface area contributed by atoms with Crippen molar-refractivity contribution >= 4 is 11.5 Å². The van der Waals surface area contributed by atoms with Gasteiger partial charge in [0, 0.05) is 6.54 Å². The zero-order chi connectivity index (χ0) is 12.3. The van der Waals surface area contributed by atoms with Crippen LogP contribution in [-0.2, 0) is 0 Å². The number of nitrogen functional groups attached to an aromatic ring is 1. The smallest absolute Gasteiger partial charge is 0.242 e. The molecule has 1 heterocycles. The van der Waals surface area contributed by atoms with Gasteiger partial charge in [0.1, 0.15) is 12.0 Å². The fraction of sp³-hybridized carbons (Fsp3) is 0.636. The highest BCUT2D eigenvalue weighted by molar-refractivity contribution is 5.66. The van der Waals surface area contributed by atoms with E-state index in [1.54, 1.807) is 0 Å². The SMILES string of the molecule is COc1ncnc(NCC2CCC(O)C2)c1N. The number of aliphatic hydroxyl groups is 1. The van der Waals surface area contributed by atoms with Gasteiger partial charge in [-0.05, 0) is 25.2 Å². The molecule has 0 aromatic carbocycles. The summed E-state index contributed by atoms with van der Waals surface area (Å²) in [6, 6.07) is 0. The fourth-order valence-corrected chi connectivity index (χ4v) is 2.16. The zero-order valence-electron chi connectivity index (χ0n) is 9.89. The lowest BCUT2D eigenvalue weighted by atomic mass is 10.1. The van der Waals surface area contributed by atoms with E-state index in [0.29, 0.717) is 23.3 Å². The Balaban J connectivity index is 1.95. The van der Waals surface area contributed by atoms with Crippen molar-refractivity contribution < 1.29 is 9.84 Å². The molecule has 1 aromatic heterocycles. The van der Waals surface area contributed by atoms with Crippen LogP contribution < -0.4 is 15.8 Å². The van der Waals surface area contributed by atoms with Crippen LogP contribution in [0.15, 0.2) is 6.33 Å². The summed E-state index contributed by atoms with van der Waals surface area (Å²) in [6.45, 7) is 0.765. The monoisotopic (exact) mass is 238 g/mol. The number of hydrogen-bond donors (Lipinski definition) is 3. The summed E-state index contributed by atoms with van der Waals surface area (Å²) in [4.78, 5) is 7.99. The van der Waals surface area contributed by atoms with Crippen LogP contribution in [-0.4, -0.2) is 34.8 Å². The third-order valence-electron chi connectivity index (χ3n) is 3.11. The Kier molecular flexibility index (Phi) is 3.63. The van der Waals surface area contributed by atoms with E-state index in [4.69, 9.17) is 10.5 Å². The topological polar surface area (TPSA) is 93.3 Å². The lowest BCUT2D eigenvalue weighted by molar-refractivity contribution is 0.178. The van der Waals surface area contributed by atoms with Crippen LogP contribution in [0.25, 0.3) is 0 Å². The van der Waals surface area contributed by atoms with Gasteiger partial charge in [-0.1, -0.05) is 0 Å². The highest BCUT2D eigenvalue weighted by atomic mass is 16.5. The molecule has 2 rings (SSSR count). The Bertz CT molecular complexity index is 386. The van der Waals surface area contributed by atoms with Crippen molar-refractivity contribution in [2.45, 2.75) is 25.4 Å². The average molecular weight is 238 g/mol. The minimum absolute atomic E-state index is 0.154. The van der Waals surface area contributed by atoms with E-state index in [0.717, 1.165) is 25.8 Å². The van der Waals surface area contributed by atoms with Gasteiger partial charge < -0.3 is 20.9 Å². The molecule has 2 atom stereocenters. The lowest BCUT2D eigenvalue weighted by Crippen LogP contribution is -2.15. The van der Waals surface area contributed by atoms with Crippen LogP contribution in [0.5, 0.6) is 5.88 Å². The maximum absolute atomic E-state index is 9.44. The predicted octanol–water partition coefficient (Wildman–Crippen LogP) is 0.640. The number of aliphatic hydroxyl groups excluding tert-OH is 1. The van der Waals surface area contributed by atoms with E-state index < -0.39 is 0 Å². The summed E-state index contributed by atoms with van der Waals surface area (Å²) >= 11 is 0. The van der Waals surface area contributed by atoms with Crippen molar-refractivity contribution in [2.24, 2.45) is 5.92 Å². The van der Waals surface area contributed by atoms with Crippen LogP contribution in [0.4, 0.5) is 11.5 Å². The summed E-state index contributed by atoms with van der Waals surface area (Å²) in [6.07, 6.45) is 4.03. The van der Waals surface area contributed by atoms with Crippen molar-refractivity contribution in [3.63, 3.8) is 0 Å². The highest BCUT2D eigenvalue weighted by Gasteiger charge is 2.22. The molecule has 1 aliphatic rings. The van der Waals surface area contributed by atoms with Crippen molar-refractivity contribution in [2.75, 3.05) is 24.7 Å². The maximum Gasteiger partial charge on any atom is 0.242 e. The molecule has 0 radical (unpaired) electrons. The van der Waals surface area contributed by atoms with Gasteiger partial charge in [0.05, 0.1) is 13.2 Å². The first-order chi connectivity index (χ1) is 8.20. The molecular formula is C11H18N4O2. The minimum atomic E-state index is -0.154. The van der Waals surface area contributed by atoms with Gasteiger partial charge in [-0.3, -0.25) is 0 Å². The molecule has 0 spiro atoms. The molecule has 6 nitrogen and oxygen atoms in total. The van der Waals surface area contributed by atoms with Crippen LogP contribution in [0.3, 0.4) is 0 Å². The van der Waals surface area contributed by atoms with Crippen molar-refractivity contribution in [3.05, 3.63) is 6.33 Å². The van der Waals surface area contributed by atoms with Crippen molar-refractivity contribution in [1.29, 1.82) is 0 Å². The number of rotatable bonds is 4. The van der Waals surface area contributed by atoms with Crippen molar-refractivity contribution in [3.8, 4) is 5.88 Å². The maximum atomic E-state index is 9.44. The molecule has 0 bridgehead atoms. The standard InChI is InChI=1S/C11H18N4O2/c1-17-11-9(12)10(14-6-15-11)13-5-7-2-3-8(16)4-7/h6-8,16H,2-5,12H2,1H3,(H,13,14,15). The predicted molar refractivity (Wildman–Crippen MR) is 64.8 cm³/mol. The van der Waals surface area contributed by atoms with E-state index in [1.165, 1.54) is 13.4 Å². The molecule has 4 N–H and O–H groups in total. The van der Waals surface area contributed by atoms with Gasteiger partial charge in [0.25, 0.3) is 0 Å². The molecule has 0 amide bonds. The molecule has 1 saturated carbocycles. The van der Waals surface area contributed by atoms with E-state index in [1.807, 2.05) is 0 Å². The Hall–Kier alpha value is -1.56. The number of nitrogens with zero attached hydrogens (tertiary/aromatic N) is 2. The summed E-state index contributed by atoms with van der Waals surface area (Å²) in [5.74, 6) is 1.46. The fourth-order valence-electron chi connectivity index (χ4n) is 2.16. The Morgan fingerprint density at radius 2 is 2.35 bits per heavy atom. The van der Waals surface area contributed by atoms with Gasteiger partial charge in [0.2, 0.25) is 5.88 Å². The lowest BCUT2D eigenvalue weighted by Gasteiger charge is -2.13. The number of ether oxygens (including phenoxy) is 1. The quantitative estimate of drug-likeness (QED) is 0.712. The second-order valence-corrected chi connectivity index (χ2v) is 4.36. The number of anilines is 2. The summed E-state index contributed by atoms with van der Waals surface area (Å²) in [7, 11) is 1.52. The molecule has 1 aliphatic carbocycles. The number of aromatic nitrogens is 2. The van der Waals surface area contributed by atoms with Crippen LogP contribution in [0, 0.1) is 5.92 Å². The third kappa shape index (κ3) is 2.76. The molecule has 0 aliphatic heterocycles. The summed E-state index contributed by atoms with van der Waals surface area (Å²) in [5, 5.41) is 12.6. The van der Waals surface area contributed by atoms with E-state index >= 15 is 0 Å². The molecule has 0 saturated heterocycles. The Labute approximate surface area is 100 Å². The van der Waals surface area contributed by atoms with Crippen LogP contribution in [0.2, 0.25) is 0 Å². The molecule has 94 valence electrons. The molecule has 17 heavy (non-hydrogen) atoms. The number of nitrogens with two attached hydrogens (primary N) is 1. The Morgan fingerprint density at radius 3 is 3.00 bits per heavy atom. The second kappa shape index (κ2) is 5.18. The highest BCUT2D eigenvalue weighted by Crippen LogP contribution is 2.28. The average Bonchev–Trinajstić information content (AvgIpc) is 2.74. The summed E-state index contributed by atoms with van der Waals surface area (Å²) < 4.78 is 5.02. The largest absolute Gasteiger partial charge is 0.479 e. The van der Waals surface area contributed by atoms with Gasteiger partial charge >= 0.3 is 0 Å². The molecular weight excluding hydrogens is 220 g/mol. The molecule has 1 aromatic rings. The van der Waals surface area contributed by atoms with Gasteiger partial charge in [-0.25, -0.2) is 4.98 Å².